The van der Waals surface area contributed by atoms with E-state index in [1.165, 1.54) is 0 Å². The number of ether oxygens (including phenoxy) is 1. The number of nitriles is 1. The van der Waals surface area contributed by atoms with Crippen LogP contribution in [-0.4, -0.2) is 25.2 Å². The first-order chi connectivity index (χ1) is 7.71. The molecule has 16 heavy (non-hydrogen) atoms. The smallest absolute Gasteiger partial charge is 0.121 e. The Morgan fingerprint density at radius 2 is 2.31 bits per heavy atom. The van der Waals surface area contributed by atoms with E-state index in [0.717, 1.165) is 18.0 Å². The van der Waals surface area contributed by atoms with Gasteiger partial charge in [-0.15, -0.1) is 0 Å². The van der Waals surface area contributed by atoms with E-state index < -0.39 is 0 Å². The molecule has 1 N–H and O–H groups in total. The molecule has 86 valence electrons. The predicted molar refractivity (Wildman–Crippen MR) is 69.2 cm³/mol. The summed E-state index contributed by atoms with van der Waals surface area (Å²) in [5.41, 5.74) is 1.48. The summed E-state index contributed by atoms with van der Waals surface area (Å²) in [4.78, 5) is 0. The van der Waals surface area contributed by atoms with Crippen molar-refractivity contribution in [1.82, 2.24) is 0 Å². The second kappa shape index (κ2) is 6.29. The molecule has 0 spiro atoms. The number of nitrogens with zero attached hydrogens (tertiary/aromatic N) is 1. The lowest BCUT2D eigenvalue weighted by molar-refractivity contribution is 0.415. The summed E-state index contributed by atoms with van der Waals surface area (Å²) >= 11 is 1.79. The Hall–Kier alpha value is -1.34. The van der Waals surface area contributed by atoms with Gasteiger partial charge in [-0.1, -0.05) is 6.92 Å². The lowest BCUT2D eigenvalue weighted by Crippen LogP contribution is -2.13. The zero-order valence-corrected chi connectivity index (χ0v) is 10.6. The minimum Gasteiger partial charge on any atom is -0.497 e. The maximum absolute atomic E-state index is 8.97. The van der Waals surface area contributed by atoms with Crippen molar-refractivity contribution < 1.29 is 4.74 Å². The Morgan fingerprint density at radius 3 is 2.88 bits per heavy atom. The van der Waals surface area contributed by atoms with Crippen molar-refractivity contribution in [2.24, 2.45) is 0 Å². The number of hydrogen-bond donors (Lipinski definition) is 1. The first-order valence-corrected chi connectivity index (χ1v) is 6.35. The van der Waals surface area contributed by atoms with Crippen LogP contribution in [0.25, 0.3) is 0 Å². The molecule has 0 aliphatic carbocycles. The van der Waals surface area contributed by atoms with Crippen molar-refractivity contribution in [2.75, 3.05) is 25.2 Å². The van der Waals surface area contributed by atoms with Crippen molar-refractivity contribution in [3.63, 3.8) is 0 Å². The summed E-state index contributed by atoms with van der Waals surface area (Å²) in [6.45, 7) is 2.98. The molecule has 1 atom stereocenters. The molecular formula is C12H16N2OS. The van der Waals surface area contributed by atoms with E-state index in [2.05, 4.69) is 24.6 Å². The highest BCUT2D eigenvalue weighted by Gasteiger charge is 2.05. The first-order valence-electron chi connectivity index (χ1n) is 5.06. The van der Waals surface area contributed by atoms with E-state index in [1.54, 1.807) is 31.0 Å². The van der Waals surface area contributed by atoms with E-state index in [0.29, 0.717) is 10.8 Å². The van der Waals surface area contributed by atoms with E-state index in [-0.39, 0.29) is 0 Å². The van der Waals surface area contributed by atoms with Crippen molar-refractivity contribution in [3.8, 4) is 11.8 Å². The van der Waals surface area contributed by atoms with E-state index in [1.807, 2.05) is 6.07 Å². The molecule has 0 heterocycles. The first kappa shape index (κ1) is 12.7. The summed E-state index contributed by atoms with van der Waals surface area (Å²) in [6.07, 6.45) is 2.07. The predicted octanol–water partition coefficient (Wildman–Crippen LogP) is 2.73. The van der Waals surface area contributed by atoms with Gasteiger partial charge in [-0.2, -0.15) is 17.0 Å². The van der Waals surface area contributed by atoms with Crippen LogP contribution >= 0.6 is 11.8 Å². The van der Waals surface area contributed by atoms with Gasteiger partial charge in [0.25, 0.3) is 0 Å². The van der Waals surface area contributed by atoms with Gasteiger partial charge in [0.1, 0.15) is 11.8 Å². The van der Waals surface area contributed by atoms with Gasteiger partial charge >= 0.3 is 0 Å². The summed E-state index contributed by atoms with van der Waals surface area (Å²) in [5.74, 6) is 0.762. The Bertz CT molecular complexity index is 387. The fourth-order valence-electron chi connectivity index (χ4n) is 1.23. The van der Waals surface area contributed by atoms with Gasteiger partial charge in [0.15, 0.2) is 0 Å². The van der Waals surface area contributed by atoms with Crippen molar-refractivity contribution >= 4 is 17.4 Å². The number of rotatable bonds is 5. The maximum Gasteiger partial charge on any atom is 0.121 e. The number of thioether (sulfide) groups is 1. The Morgan fingerprint density at radius 1 is 1.56 bits per heavy atom. The van der Waals surface area contributed by atoms with Crippen LogP contribution in [-0.2, 0) is 0 Å². The van der Waals surface area contributed by atoms with Crippen LogP contribution in [0, 0.1) is 11.3 Å². The van der Waals surface area contributed by atoms with Gasteiger partial charge in [-0.05, 0) is 18.4 Å². The molecule has 1 unspecified atom stereocenters. The summed E-state index contributed by atoms with van der Waals surface area (Å²) in [6, 6.07) is 7.58. The molecule has 0 fully saturated rings. The second-order valence-corrected chi connectivity index (χ2v) is 4.73. The third kappa shape index (κ3) is 3.35. The molecule has 0 aliphatic heterocycles. The molecule has 3 nitrogen and oxygen atoms in total. The molecular weight excluding hydrogens is 220 g/mol. The van der Waals surface area contributed by atoms with Gasteiger partial charge in [-0.3, -0.25) is 0 Å². The van der Waals surface area contributed by atoms with Crippen LogP contribution in [0.4, 0.5) is 5.69 Å². The average Bonchev–Trinajstić information content (AvgIpc) is 2.35. The highest BCUT2D eigenvalue weighted by molar-refractivity contribution is 7.99. The van der Waals surface area contributed by atoms with Gasteiger partial charge in [0, 0.05) is 17.9 Å². The SMILES string of the molecule is COc1ccc(C#N)c(NCC(C)SC)c1. The molecule has 0 radical (unpaired) electrons. The standard InChI is InChI=1S/C12H16N2OS/c1-9(16-3)8-14-12-6-11(15-2)5-4-10(12)7-13/h4-6,9,14H,8H2,1-3H3. The monoisotopic (exact) mass is 236 g/mol. The van der Waals surface area contributed by atoms with Gasteiger partial charge in [0.05, 0.1) is 18.4 Å². The van der Waals surface area contributed by atoms with Crippen LogP contribution in [0.5, 0.6) is 5.75 Å². The fourth-order valence-corrected chi connectivity index (χ4v) is 1.48. The average molecular weight is 236 g/mol. The fraction of sp³-hybridized carbons (Fsp3) is 0.417. The van der Waals surface area contributed by atoms with Gasteiger partial charge in [-0.25, -0.2) is 0 Å². The molecule has 0 aromatic heterocycles. The number of methoxy groups -OCH3 is 1. The maximum atomic E-state index is 8.97. The molecule has 0 amide bonds. The Kier molecular flexibility index (Phi) is 5.00. The van der Waals surface area contributed by atoms with Crippen LogP contribution in [0.3, 0.4) is 0 Å². The molecule has 0 saturated heterocycles. The minimum atomic E-state index is 0.512. The summed E-state index contributed by atoms with van der Waals surface area (Å²) in [7, 11) is 1.62. The van der Waals surface area contributed by atoms with Gasteiger partial charge in [0.2, 0.25) is 0 Å². The lowest BCUT2D eigenvalue weighted by atomic mass is 10.2. The van der Waals surface area contributed by atoms with Crippen LogP contribution in [0.2, 0.25) is 0 Å². The number of anilines is 1. The third-order valence-corrected chi connectivity index (χ3v) is 3.30. The summed E-state index contributed by atoms with van der Waals surface area (Å²) in [5, 5.41) is 12.7. The molecule has 1 rings (SSSR count). The second-order valence-electron chi connectivity index (χ2n) is 3.45. The normalized spacial score (nSPS) is 11.6. The van der Waals surface area contributed by atoms with Crippen LogP contribution in [0.15, 0.2) is 18.2 Å². The Balaban J connectivity index is 2.80. The lowest BCUT2D eigenvalue weighted by Gasteiger charge is -2.13. The van der Waals surface area contributed by atoms with Crippen molar-refractivity contribution in [2.45, 2.75) is 12.2 Å². The highest BCUT2D eigenvalue weighted by atomic mass is 32.2. The number of hydrogen-bond acceptors (Lipinski definition) is 4. The van der Waals surface area contributed by atoms with Crippen molar-refractivity contribution in [1.29, 1.82) is 5.26 Å². The highest BCUT2D eigenvalue weighted by Crippen LogP contribution is 2.22. The molecule has 0 aliphatic rings. The van der Waals surface area contributed by atoms with E-state index >= 15 is 0 Å². The van der Waals surface area contributed by atoms with Crippen LogP contribution in [0.1, 0.15) is 12.5 Å². The molecule has 0 bridgehead atoms. The minimum absolute atomic E-state index is 0.512. The topological polar surface area (TPSA) is 45.0 Å². The van der Waals surface area contributed by atoms with E-state index in [4.69, 9.17) is 10.00 Å². The zero-order chi connectivity index (χ0) is 12.0. The number of benzene rings is 1. The van der Waals surface area contributed by atoms with Gasteiger partial charge < -0.3 is 10.1 Å². The largest absolute Gasteiger partial charge is 0.497 e. The zero-order valence-electron chi connectivity index (χ0n) is 9.78. The third-order valence-electron chi connectivity index (χ3n) is 2.33. The van der Waals surface area contributed by atoms with Crippen molar-refractivity contribution in [3.05, 3.63) is 23.8 Å². The molecule has 0 saturated carbocycles. The number of nitrogens with one attached hydrogen (secondary N) is 1. The quantitative estimate of drug-likeness (QED) is 0.853. The van der Waals surface area contributed by atoms with E-state index in [9.17, 15) is 0 Å². The molecule has 4 heteroatoms. The van der Waals surface area contributed by atoms with Crippen LogP contribution < -0.4 is 10.1 Å². The molecule has 1 aromatic carbocycles. The molecule has 1 aromatic rings. The Labute approximate surface area is 101 Å². The summed E-state index contributed by atoms with van der Waals surface area (Å²) < 4.78 is 5.13.